The minimum atomic E-state index is -0.633. The van der Waals surface area contributed by atoms with E-state index in [1.54, 1.807) is 10.8 Å². The predicted molar refractivity (Wildman–Crippen MR) is 182 cm³/mol. The molecule has 8 nitrogen and oxygen atoms in total. The number of ketones is 1. The van der Waals surface area contributed by atoms with Crippen LogP contribution in [0, 0.1) is 12.8 Å². The number of urea groups is 1. The lowest BCUT2D eigenvalue weighted by atomic mass is 9.83. The van der Waals surface area contributed by atoms with Crippen molar-refractivity contribution in [2.45, 2.75) is 46.0 Å². The molecule has 1 aromatic heterocycles. The summed E-state index contributed by atoms with van der Waals surface area (Å²) in [4.78, 5) is 43.1. The molecule has 2 N–H and O–H groups in total. The van der Waals surface area contributed by atoms with Gasteiger partial charge in [-0.1, -0.05) is 68.8 Å². The number of rotatable bonds is 5. The van der Waals surface area contributed by atoms with E-state index in [9.17, 15) is 14.4 Å². The third-order valence-electron chi connectivity index (χ3n) is 8.66. The van der Waals surface area contributed by atoms with Crippen molar-refractivity contribution in [3.05, 3.63) is 89.6 Å². The number of benzene rings is 3. The summed E-state index contributed by atoms with van der Waals surface area (Å²) < 4.78 is 1.77. The fourth-order valence-electron chi connectivity index (χ4n) is 6.13. The number of aryl methyl sites for hydroxylation is 1. The molecule has 9 heteroatoms. The largest absolute Gasteiger partial charge is 0.351 e. The Morgan fingerprint density at radius 2 is 1.67 bits per heavy atom. The Balaban J connectivity index is 1.42. The van der Waals surface area contributed by atoms with Crippen LogP contribution >= 0.6 is 11.8 Å². The van der Waals surface area contributed by atoms with Gasteiger partial charge in [0.25, 0.3) is 0 Å². The van der Waals surface area contributed by atoms with E-state index in [-0.39, 0.29) is 17.1 Å². The fourth-order valence-corrected chi connectivity index (χ4v) is 7.04. The highest BCUT2D eigenvalue weighted by atomic mass is 32.2. The number of allylic oxidation sites excluding steroid dienone is 2. The van der Waals surface area contributed by atoms with Gasteiger partial charge in [0.2, 0.25) is 5.91 Å². The van der Waals surface area contributed by atoms with E-state index in [0.29, 0.717) is 37.4 Å². The second kappa shape index (κ2) is 12.2. The van der Waals surface area contributed by atoms with Crippen molar-refractivity contribution in [2.24, 2.45) is 11.7 Å². The molecule has 2 aliphatic rings. The molecule has 1 unspecified atom stereocenters. The normalized spacial score (nSPS) is 17.3. The number of hydrogen-bond donors (Lipinski definition) is 1. The Labute approximate surface area is 268 Å². The zero-order valence-corrected chi connectivity index (χ0v) is 27.1. The molecule has 1 aliphatic carbocycles. The SMILES string of the molecule is Cc1ccc(-n2nc(C(C)(C)C)cc2N(C(N)=O)c2ccc(C3=CC(=O)C(C(=O)N4CCSCC4)CC3)c3ccccc23)cc1. The molecule has 0 saturated carbocycles. The molecule has 3 aromatic carbocycles. The molecule has 45 heavy (non-hydrogen) atoms. The average molecular weight is 622 g/mol. The number of primary amides is 1. The van der Waals surface area contributed by atoms with Crippen LogP contribution in [-0.4, -0.2) is 57.0 Å². The molecule has 1 saturated heterocycles. The molecular formula is C36H39N5O3S. The lowest BCUT2D eigenvalue weighted by Crippen LogP contribution is -2.44. The number of carbonyl (C=O) groups excluding carboxylic acids is 3. The van der Waals surface area contributed by atoms with Crippen LogP contribution in [0.4, 0.5) is 16.3 Å². The standard InChI is InChI=1S/C36H39N5O3S/c1-23-9-12-25(13-10-23)41-33(22-32(38-41)36(2,3)4)40(35(37)44)30-16-15-26(27-7-5-6-8-28(27)30)24-11-14-29(31(42)21-24)34(43)39-17-19-45-20-18-39/h5-10,12-13,15-16,21-22,29H,11,14,17-20H2,1-4H3,(H2,37,44). The number of anilines is 2. The Morgan fingerprint density at radius 1 is 0.978 bits per heavy atom. The van der Waals surface area contributed by atoms with Gasteiger partial charge in [0.05, 0.1) is 17.1 Å². The van der Waals surface area contributed by atoms with Gasteiger partial charge in [-0.05, 0) is 60.6 Å². The van der Waals surface area contributed by atoms with Crippen molar-refractivity contribution in [3.63, 3.8) is 0 Å². The minimum Gasteiger partial charge on any atom is -0.351 e. The number of nitrogens with zero attached hydrogens (tertiary/aromatic N) is 4. The molecule has 1 atom stereocenters. The van der Waals surface area contributed by atoms with Crippen molar-refractivity contribution >= 4 is 57.3 Å². The van der Waals surface area contributed by atoms with E-state index in [2.05, 4.69) is 20.8 Å². The second-order valence-electron chi connectivity index (χ2n) is 12.8. The van der Waals surface area contributed by atoms with Crippen molar-refractivity contribution in [3.8, 4) is 5.69 Å². The Hall–Kier alpha value is -4.37. The lowest BCUT2D eigenvalue weighted by Gasteiger charge is -2.31. The highest BCUT2D eigenvalue weighted by molar-refractivity contribution is 7.99. The van der Waals surface area contributed by atoms with Crippen LogP contribution in [0.1, 0.15) is 50.4 Å². The van der Waals surface area contributed by atoms with Gasteiger partial charge in [0.1, 0.15) is 11.7 Å². The molecule has 1 fully saturated rings. The van der Waals surface area contributed by atoms with Crippen molar-refractivity contribution < 1.29 is 14.4 Å². The number of carbonyl (C=O) groups is 3. The van der Waals surface area contributed by atoms with Crippen LogP contribution in [0.15, 0.2) is 72.8 Å². The van der Waals surface area contributed by atoms with E-state index in [4.69, 9.17) is 10.8 Å². The minimum absolute atomic E-state index is 0.0484. The maximum atomic E-state index is 13.3. The summed E-state index contributed by atoms with van der Waals surface area (Å²) in [6.45, 7) is 9.68. The van der Waals surface area contributed by atoms with Crippen LogP contribution < -0.4 is 10.6 Å². The highest BCUT2D eigenvalue weighted by Crippen LogP contribution is 2.40. The van der Waals surface area contributed by atoms with Gasteiger partial charge in [0.15, 0.2) is 5.78 Å². The molecule has 232 valence electrons. The highest BCUT2D eigenvalue weighted by Gasteiger charge is 2.34. The molecule has 0 spiro atoms. The first-order chi connectivity index (χ1) is 21.5. The van der Waals surface area contributed by atoms with Crippen LogP contribution in [0.5, 0.6) is 0 Å². The number of thioether (sulfide) groups is 1. The van der Waals surface area contributed by atoms with E-state index in [1.807, 2.05) is 90.3 Å². The molecular weight excluding hydrogens is 582 g/mol. The van der Waals surface area contributed by atoms with Gasteiger partial charge in [-0.2, -0.15) is 16.9 Å². The fraction of sp³-hybridized carbons (Fsp3) is 0.333. The Bertz CT molecular complexity index is 1810. The summed E-state index contributed by atoms with van der Waals surface area (Å²) in [6, 6.07) is 21.0. The van der Waals surface area contributed by atoms with Crippen molar-refractivity contribution in [2.75, 3.05) is 29.5 Å². The van der Waals surface area contributed by atoms with Crippen molar-refractivity contribution in [1.82, 2.24) is 14.7 Å². The quantitative estimate of drug-likeness (QED) is 0.248. The lowest BCUT2D eigenvalue weighted by molar-refractivity contribution is -0.139. The van der Waals surface area contributed by atoms with Crippen LogP contribution in [0.2, 0.25) is 0 Å². The summed E-state index contributed by atoms with van der Waals surface area (Å²) >= 11 is 1.84. The first kappa shape index (κ1) is 30.6. The average Bonchev–Trinajstić information content (AvgIpc) is 3.47. The van der Waals surface area contributed by atoms with Crippen LogP contribution in [0.3, 0.4) is 0 Å². The summed E-state index contributed by atoms with van der Waals surface area (Å²) in [5, 5.41) is 6.65. The maximum absolute atomic E-state index is 13.3. The molecule has 3 amide bonds. The van der Waals surface area contributed by atoms with Gasteiger partial charge >= 0.3 is 6.03 Å². The van der Waals surface area contributed by atoms with E-state index in [0.717, 1.165) is 50.4 Å². The zero-order chi connectivity index (χ0) is 31.9. The van der Waals surface area contributed by atoms with Gasteiger partial charge < -0.3 is 10.6 Å². The smallest absolute Gasteiger partial charge is 0.325 e. The molecule has 6 rings (SSSR count). The van der Waals surface area contributed by atoms with Gasteiger partial charge in [0, 0.05) is 41.5 Å². The first-order valence-electron chi connectivity index (χ1n) is 15.4. The number of fused-ring (bicyclic) bond motifs is 1. The summed E-state index contributed by atoms with van der Waals surface area (Å²) in [6.07, 6.45) is 2.75. The second-order valence-corrected chi connectivity index (χ2v) is 14.1. The third-order valence-corrected chi connectivity index (χ3v) is 9.60. The summed E-state index contributed by atoms with van der Waals surface area (Å²) in [5.41, 5.74) is 11.1. The summed E-state index contributed by atoms with van der Waals surface area (Å²) in [5.74, 6) is 1.57. The van der Waals surface area contributed by atoms with Crippen LogP contribution in [-0.2, 0) is 15.0 Å². The van der Waals surface area contributed by atoms with Crippen molar-refractivity contribution in [1.29, 1.82) is 0 Å². The van der Waals surface area contributed by atoms with E-state index >= 15 is 0 Å². The van der Waals surface area contributed by atoms with E-state index in [1.165, 1.54) is 4.90 Å². The van der Waals surface area contributed by atoms with Gasteiger partial charge in [-0.3, -0.25) is 9.59 Å². The van der Waals surface area contributed by atoms with Crippen LogP contribution in [0.25, 0.3) is 22.0 Å². The molecule has 1 aliphatic heterocycles. The predicted octanol–water partition coefficient (Wildman–Crippen LogP) is 6.79. The first-order valence-corrected chi connectivity index (χ1v) is 16.6. The monoisotopic (exact) mass is 621 g/mol. The van der Waals surface area contributed by atoms with Gasteiger partial charge in [-0.25, -0.2) is 14.4 Å². The Kier molecular flexibility index (Phi) is 8.31. The maximum Gasteiger partial charge on any atom is 0.325 e. The number of aromatic nitrogens is 2. The number of nitrogens with two attached hydrogens (primary N) is 1. The topological polar surface area (TPSA) is 102 Å². The molecule has 2 heterocycles. The summed E-state index contributed by atoms with van der Waals surface area (Å²) in [7, 11) is 0. The molecule has 0 bridgehead atoms. The third kappa shape index (κ3) is 6.01. The van der Waals surface area contributed by atoms with E-state index < -0.39 is 11.9 Å². The molecule has 4 aromatic rings. The zero-order valence-electron chi connectivity index (χ0n) is 26.2. The van der Waals surface area contributed by atoms with Gasteiger partial charge in [-0.15, -0.1) is 0 Å². The number of hydrogen-bond acceptors (Lipinski definition) is 5. The number of amides is 3. The molecule has 0 radical (unpaired) electrons. The Morgan fingerprint density at radius 3 is 2.31 bits per heavy atom.